The molecule has 5 nitrogen and oxygen atoms in total. The highest BCUT2D eigenvalue weighted by molar-refractivity contribution is 8.00. The Morgan fingerprint density at radius 2 is 2.14 bits per heavy atom. The highest BCUT2D eigenvalue weighted by atomic mass is 32.2. The Morgan fingerprint density at radius 3 is 2.95 bits per heavy atom. The van der Waals surface area contributed by atoms with Crippen molar-refractivity contribution in [3.05, 3.63) is 6.92 Å². The maximum Gasteiger partial charge on any atom is 0.315 e. The molecule has 6 heteroatoms. The Bertz CT molecular complexity index is 365. The molecule has 2 fully saturated rings. The number of thioether (sulfide) groups is 1. The quantitative estimate of drug-likeness (QED) is 0.449. The summed E-state index contributed by atoms with van der Waals surface area (Å²) in [6.45, 7) is 4.56. The molecule has 2 aliphatic rings. The van der Waals surface area contributed by atoms with Crippen LogP contribution in [0.15, 0.2) is 0 Å². The summed E-state index contributed by atoms with van der Waals surface area (Å²) < 4.78 is 0. The molecular weight excluding hydrogens is 286 g/mol. The van der Waals surface area contributed by atoms with Crippen molar-refractivity contribution in [3.8, 4) is 0 Å². The average molecular weight is 312 g/mol. The fourth-order valence-electron chi connectivity index (χ4n) is 2.89. The normalized spacial score (nSPS) is 27.1. The first-order chi connectivity index (χ1) is 10.2. The van der Waals surface area contributed by atoms with Gasteiger partial charge in [0.15, 0.2) is 0 Å². The molecule has 0 unspecified atom stereocenters. The summed E-state index contributed by atoms with van der Waals surface area (Å²) in [6.07, 6.45) is 6.68. The number of rotatable bonds is 9. The topological polar surface area (TPSA) is 70.2 Å². The van der Waals surface area contributed by atoms with E-state index in [1.54, 1.807) is 0 Å². The Hall–Kier alpha value is -0.910. The summed E-state index contributed by atoms with van der Waals surface area (Å²) in [6, 6.07) is 0.541. The van der Waals surface area contributed by atoms with E-state index in [1.807, 2.05) is 11.8 Å². The number of hydrogen-bond donors (Lipinski definition) is 3. The number of hydrogen-bond acceptors (Lipinski definition) is 3. The van der Waals surface area contributed by atoms with E-state index in [1.165, 1.54) is 0 Å². The second kappa shape index (κ2) is 8.51. The molecule has 0 aromatic rings. The molecule has 2 aliphatic heterocycles. The zero-order valence-corrected chi connectivity index (χ0v) is 13.3. The molecule has 3 amide bonds. The second-order valence-electron chi connectivity index (χ2n) is 5.78. The summed E-state index contributed by atoms with van der Waals surface area (Å²) in [5.74, 6) is 1.16. The standard InChI is InChI=1S/C15H26N3O2S/c1-2-3-6-9-16-13(19)8-5-4-7-12-14-11(10-21-12)17-15(20)18-14/h11-12,14H,1-10H2,(H,16,19)(H2,17,18,20)/t11-,12-,14-/m0/s1. The van der Waals surface area contributed by atoms with Gasteiger partial charge in [0.2, 0.25) is 5.91 Å². The maximum absolute atomic E-state index is 11.6. The Kier molecular flexibility index (Phi) is 6.67. The number of urea groups is 1. The lowest BCUT2D eigenvalue weighted by atomic mass is 10.0. The summed E-state index contributed by atoms with van der Waals surface area (Å²) in [7, 11) is 0. The monoisotopic (exact) mass is 312 g/mol. The first-order valence-electron chi connectivity index (χ1n) is 7.95. The van der Waals surface area contributed by atoms with Crippen LogP contribution in [0.4, 0.5) is 4.79 Å². The molecule has 2 saturated heterocycles. The van der Waals surface area contributed by atoms with Crippen LogP contribution in [-0.2, 0) is 4.79 Å². The van der Waals surface area contributed by atoms with Crippen LogP contribution in [0.1, 0.15) is 44.9 Å². The molecule has 0 aromatic heterocycles. The molecule has 0 saturated carbocycles. The van der Waals surface area contributed by atoms with Crippen LogP contribution in [0.5, 0.6) is 0 Å². The zero-order chi connectivity index (χ0) is 15.1. The largest absolute Gasteiger partial charge is 0.356 e. The second-order valence-corrected chi connectivity index (χ2v) is 7.05. The Labute approximate surface area is 131 Å². The lowest BCUT2D eigenvalue weighted by molar-refractivity contribution is -0.121. The number of unbranched alkanes of at least 4 members (excludes halogenated alkanes) is 3. The third kappa shape index (κ3) is 5.09. The summed E-state index contributed by atoms with van der Waals surface area (Å²) >= 11 is 1.93. The van der Waals surface area contributed by atoms with E-state index in [0.29, 0.717) is 17.7 Å². The van der Waals surface area contributed by atoms with Crippen molar-refractivity contribution >= 4 is 23.7 Å². The minimum absolute atomic E-state index is 0.0306. The van der Waals surface area contributed by atoms with E-state index in [0.717, 1.165) is 50.8 Å². The Morgan fingerprint density at radius 1 is 1.29 bits per heavy atom. The van der Waals surface area contributed by atoms with Gasteiger partial charge in [-0.25, -0.2) is 4.79 Å². The van der Waals surface area contributed by atoms with Gasteiger partial charge in [-0.3, -0.25) is 4.79 Å². The molecule has 2 rings (SSSR count). The summed E-state index contributed by atoms with van der Waals surface area (Å²) in [5, 5.41) is 9.39. The van der Waals surface area contributed by atoms with Gasteiger partial charge in [-0.2, -0.15) is 11.8 Å². The van der Waals surface area contributed by atoms with Crippen LogP contribution < -0.4 is 16.0 Å². The van der Waals surface area contributed by atoms with Crippen molar-refractivity contribution in [2.24, 2.45) is 0 Å². The van der Waals surface area contributed by atoms with E-state index < -0.39 is 0 Å². The Balaban J connectivity index is 1.52. The highest BCUT2D eigenvalue weighted by Gasteiger charge is 2.42. The molecule has 0 spiro atoms. The minimum atomic E-state index is -0.0306. The van der Waals surface area contributed by atoms with Gasteiger partial charge in [0.25, 0.3) is 0 Å². The molecule has 0 aromatic carbocycles. The molecule has 0 bridgehead atoms. The van der Waals surface area contributed by atoms with Crippen molar-refractivity contribution in [1.82, 2.24) is 16.0 Å². The van der Waals surface area contributed by atoms with Crippen molar-refractivity contribution in [2.75, 3.05) is 12.3 Å². The van der Waals surface area contributed by atoms with Crippen molar-refractivity contribution in [3.63, 3.8) is 0 Å². The third-order valence-corrected chi connectivity index (χ3v) is 5.59. The van der Waals surface area contributed by atoms with Gasteiger partial charge >= 0.3 is 6.03 Å². The lowest BCUT2D eigenvalue weighted by Gasteiger charge is -2.16. The van der Waals surface area contributed by atoms with Gasteiger partial charge < -0.3 is 16.0 Å². The highest BCUT2D eigenvalue weighted by Crippen LogP contribution is 2.33. The fraction of sp³-hybridized carbons (Fsp3) is 0.800. The van der Waals surface area contributed by atoms with E-state index in [4.69, 9.17) is 0 Å². The number of carbonyl (C=O) groups is 2. The fourth-order valence-corrected chi connectivity index (χ4v) is 4.44. The molecule has 119 valence electrons. The van der Waals surface area contributed by atoms with Crippen LogP contribution in [0.25, 0.3) is 0 Å². The van der Waals surface area contributed by atoms with Crippen molar-refractivity contribution in [1.29, 1.82) is 0 Å². The molecule has 3 N–H and O–H groups in total. The lowest BCUT2D eigenvalue weighted by Crippen LogP contribution is -2.36. The van der Waals surface area contributed by atoms with E-state index in [2.05, 4.69) is 22.9 Å². The third-order valence-electron chi connectivity index (χ3n) is 4.08. The van der Waals surface area contributed by atoms with Gasteiger partial charge in [-0.15, -0.1) is 0 Å². The van der Waals surface area contributed by atoms with E-state index in [9.17, 15) is 9.59 Å². The smallest absolute Gasteiger partial charge is 0.315 e. The van der Waals surface area contributed by atoms with Crippen molar-refractivity contribution in [2.45, 2.75) is 62.3 Å². The SMILES string of the molecule is [CH2]CCCCNC(=O)CCCC[C@@H]1SC[C@@H]2NC(=O)N[C@@H]21. The van der Waals surface area contributed by atoms with Gasteiger partial charge in [-0.05, 0) is 19.3 Å². The average Bonchev–Trinajstić information content (AvgIpc) is 2.99. The van der Waals surface area contributed by atoms with E-state index >= 15 is 0 Å². The first kappa shape index (κ1) is 16.5. The van der Waals surface area contributed by atoms with Crippen LogP contribution >= 0.6 is 11.8 Å². The predicted octanol–water partition coefficient (Wildman–Crippen LogP) is 1.83. The summed E-state index contributed by atoms with van der Waals surface area (Å²) in [4.78, 5) is 22.9. The first-order valence-corrected chi connectivity index (χ1v) is 9.00. The number of nitrogens with one attached hydrogen (secondary N) is 3. The van der Waals surface area contributed by atoms with Crippen LogP contribution in [0, 0.1) is 6.92 Å². The van der Waals surface area contributed by atoms with Crippen LogP contribution in [0.3, 0.4) is 0 Å². The molecular formula is C15H26N3O2S. The molecule has 21 heavy (non-hydrogen) atoms. The summed E-state index contributed by atoms with van der Waals surface area (Å²) in [5.41, 5.74) is 0. The van der Waals surface area contributed by atoms with Gasteiger partial charge in [0.1, 0.15) is 0 Å². The predicted molar refractivity (Wildman–Crippen MR) is 86.2 cm³/mol. The van der Waals surface area contributed by atoms with Crippen molar-refractivity contribution < 1.29 is 9.59 Å². The molecule has 1 radical (unpaired) electrons. The zero-order valence-electron chi connectivity index (χ0n) is 12.5. The van der Waals surface area contributed by atoms with E-state index in [-0.39, 0.29) is 18.0 Å². The molecule has 0 aliphatic carbocycles. The van der Waals surface area contributed by atoms with Gasteiger partial charge in [0.05, 0.1) is 12.1 Å². The van der Waals surface area contributed by atoms with Gasteiger partial charge in [0, 0.05) is 24.0 Å². The maximum atomic E-state index is 11.6. The molecule has 3 atom stereocenters. The number of fused-ring (bicyclic) bond motifs is 1. The van der Waals surface area contributed by atoms with Crippen LogP contribution in [0.2, 0.25) is 0 Å². The molecule has 2 heterocycles. The number of carbonyl (C=O) groups excluding carboxylic acids is 2. The van der Waals surface area contributed by atoms with Gasteiger partial charge in [-0.1, -0.05) is 26.2 Å². The number of amides is 3. The minimum Gasteiger partial charge on any atom is -0.356 e. The van der Waals surface area contributed by atoms with Crippen LogP contribution in [-0.4, -0.2) is 41.6 Å².